The average molecular weight is 216 g/mol. The summed E-state index contributed by atoms with van der Waals surface area (Å²) < 4.78 is 0. The van der Waals surface area contributed by atoms with Crippen molar-refractivity contribution in [3.63, 3.8) is 0 Å². The van der Waals surface area contributed by atoms with Crippen LogP contribution in [0, 0.1) is 6.92 Å². The molecule has 0 bridgehead atoms. The molecule has 1 aromatic heterocycles. The second-order valence-electron chi connectivity index (χ2n) is 2.21. The number of amides is 1. The Morgan fingerprint density at radius 1 is 1.69 bits per heavy atom. The zero-order valence-electron chi connectivity index (χ0n) is 6.83. The van der Waals surface area contributed by atoms with Crippen LogP contribution in [0.25, 0.3) is 0 Å². The first kappa shape index (κ1) is 9.87. The van der Waals surface area contributed by atoms with Crippen molar-refractivity contribution in [3.05, 3.63) is 16.1 Å². The van der Waals surface area contributed by atoms with E-state index in [1.54, 1.807) is 12.4 Å². The van der Waals surface area contributed by atoms with Gasteiger partial charge in [0, 0.05) is 0 Å². The van der Waals surface area contributed by atoms with E-state index in [9.17, 15) is 4.79 Å². The average Bonchev–Trinajstić information content (AvgIpc) is 2.47. The molecule has 5 nitrogen and oxygen atoms in total. The standard InChI is InChI=1S/C6H8N4OS2/c1-3-4(13-2-8-3)5(11)9-10-6(7)12/h2H,1H3,(H,9,11)(H3,7,10,12). The van der Waals surface area contributed by atoms with Crippen molar-refractivity contribution in [2.45, 2.75) is 6.92 Å². The summed E-state index contributed by atoms with van der Waals surface area (Å²) in [6, 6.07) is 0. The summed E-state index contributed by atoms with van der Waals surface area (Å²) in [5.41, 5.74) is 12.1. The lowest BCUT2D eigenvalue weighted by Crippen LogP contribution is -2.44. The lowest BCUT2D eigenvalue weighted by molar-refractivity contribution is 0.0947. The zero-order chi connectivity index (χ0) is 9.84. The lowest BCUT2D eigenvalue weighted by Gasteiger charge is -2.04. The molecule has 7 heteroatoms. The van der Waals surface area contributed by atoms with Crippen LogP contribution in [-0.4, -0.2) is 16.0 Å². The molecule has 1 aromatic rings. The van der Waals surface area contributed by atoms with Gasteiger partial charge in [-0.1, -0.05) is 0 Å². The van der Waals surface area contributed by atoms with E-state index in [2.05, 4.69) is 28.1 Å². The van der Waals surface area contributed by atoms with E-state index in [0.717, 1.165) is 0 Å². The van der Waals surface area contributed by atoms with Gasteiger partial charge >= 0.3 is 0 Å². The molecule has 0 aromatic carbocycles. The summed E-state index contributed by atoms with van der Waals surface area (Å²) in [6.07, 6.45) is 0. The number of hydrogen-bond acceptors (Lipinski definition) is 4. The SMILES string of the molecule is Cc1ncsc1C(=O)NNC(N)=S. The number of thiazole rings is 1. The molecular weight excluding hydrogens is 208 g/mol. The second-order valence-corrected chi connectivity index (χ2v) is 3.50. The molecule has 0 atom stereocenters. The van der Waals surface area contributed by atoms with Gasteiger partial charge in [-0.25, -0.2) is 4.98 Å². The molecule has 0 spiro atoms. The lowest BCUT2D eigenvalue weighted by atomic mass is 10.4. The molecule has 0 aliphatic heterocycles. The fraction of sp³-hybridized carbons (Fsp3) is 0.167. The van der Waals surface area contributed by atoms with Gasteiger partial charge in [0.2, 0.25) is 0 Å². The van der Waals surface area contributed by atoms with E-state index < -0.39 is 0 Å². The first-order valence-electron chi connectivity index (χ1n) is 3.37. The van der Waals surface area contributed by atoms with Crippen LogP contribution in [0.15, 0.2) is 5.51 Å². The number of rotatable bonds is 1. The molecule has 4 N–H and O–H groups in total. The van der Waals surface area contributed by atoms with Gasteiger partial charge in [0.25, 0.3) is 5.91 Å². The molecule has 1 heterocycles. The Labute approximate surface area is 84.3 Å². The van der Waals surface area contributed by atoms with Crippen molar-refractivity contribution >= 4 is 34.6 Å². The number of aryl methyl sites for hydroxylation is 1. The third-order valence-electron chi connectivity index (χ3n) is 1.25. The molecule has 0 fully saturated rings. The minimum absolute atomic E-state index is 0.0236. The van der Waals surface area contributed by atoms with Crippen LogP contribution >= 0.6 is 23.6 Å². The summed E-state index contributed by atoms with van der Waals surface area (Å²) in [7, 11) is 0. The van der Waals surface area contributed by atoms with Crippen molar-refractivity contribution in [2.24, 2.45) is 5.73 Å². The van der Waals surface area contributed by atoms with E-state index in [1.165, 1.54) is 11.3 Å². The third kappa shape index (κ3) is 2.63. The van der Waals surface area contributed by atoms with Crippen LogP contribution in [0.2, 0.25) is 0 Å². The molecule has 0 saturated carbocycles. The van der Waals surface area contributed by atoms with E-state index >= 15 is 0 Å². The Bertz CT molecular complexity index is 335. The first-order valence-corrected chi connectivity index (χ1v) is 4.66. The number of carbonyl (C=O) groups excluding carboxylic acids is 1. The van der Waals surface area contributed by atoms with Gasteiger partial charge in [0.05, 0.1) is 11.2 Å². The Morgan fingerprint density at radius 3 is 2.85 bits per heavy atom. The van der Waals surface area contributed by atoms with Crippen molar-refractivity contribution in [1.82, 2.24) is 15.8 Å². The maximum atomic E-state index is 11.3. The molecule has 13 heavy (non-hydrogen) atoms. The predicted octanol–water partition coefficient (Wildman–Crippen LogP) is -0.0705. The minimum Gasteiger partial charge on any atom is -0.375 e. The minimum atomic E-state index is -0.284. The highest BCUT2D eigenvalue weighted by atomic mass is 32.1. The van der Waals surface area contributed by atoms with Gasteiger partial charge in [-0.3, -0.25) is 15.6 Å². The molecule has 70 valence electrons. The van der Waals surface area contributed by atoms with E-state index in [1.807, 2.05) is 0 Å². The fourth-order valence-corrected chi connectivity index (χ4v) is 1.44. The Hall–Kier alpha value is -1.21. The highest BCUT2D eigenvalue weighted by Crippen LogP contribution is 2.10. The molecule has 0 unspecified atom stereocenters. The summed E-state index contributed by atoms with van der Waals surface area (Å²) in [5.74, 6) is -0.284. The number of aromatic nitrogens is 1. The zero-order valence-corrected chi connectivity index (χ0v) is 8.46. The van der Waals surface area contributed by atoms with Crippen LogP contribution < -0.4 is 16.6 Å². The van der Waals surface area contributed by atoms with E-state index in [-0.39, 0.29) is 11.0 Å². The number of nitrogens with zero attached hydrogens (tertiary/aromatic N) is 1. The maximum absolute atomic E-state index is 11.3. The van der Waals surface area contributed by atoms with Crippen LogP contribution in [0.3, 0.4) is 0 Å². The summed E-state index contributed by atoms with van der Waals surface area (Å²) in [5, 5.41) is 0.0236. The smallest absolute Gasteiger partial charge is 0.281 e. The highest BCUT2D eigenvalue weighted by molar-refractivity contribution is 7.80. The number of nitrogens with two attached hydrogens (primary N) is 1. The van der Waals surface area contributed by atoms with Crippen LogP contribution in [-0.2, 0) is 0 Å². The summed E-state index contributed by atoms with van der Waals surface area (Å²) in [4.78, 5) is 15.8. The first-order chi connectivity index (χ1) is 6.11. The molecule has 1 rings (SSSR count). The van der Waals surface area contributed by atoms with Crippen LogP contribution in [0.1, 0.15) is 15.4 Å². The summed E-state index contributed by atoms with van der Waals surface area (Å²) in [6.45, 7) is 1.76. The normalized spacial score (nSPS) is 9.31. The maximum Gasteiger partial charge on any atom is 0.281 e. The van der Waals surface area contributed by atoms with Gasteiger partial charge in [0.15, 0.2) is 5.11 Å². The monoisotopic (exact) mass is 216 g/mol. The topological polar surface area (TPSA) is 80.0 Å². The van der Waals surface area contributed by atoms with Gasteiger partial charge in [-0.15, -0.1) is 11.3 Å². The predicted molar refractivity (Wildman–Crippen MR) is 54.2 cm³/mol. The second kappa shape index (κ2) is 4.15. The molecule has 0 radical (unpaired) electrons. The number of hydrazine groups is 1. The fourth-order valence-electron chi connectivity index (χ4n) is 0.695. The Kier molecular flexibility index (Phi) is 3.15. The molecular formula is C6H8N4OS2. The number of thiocarbonyl (C=S) groups is 1. The molecule has 0 aliphatic rings. The van der Waals surface area contributed by atoms with E-state index in [4.69, 9.17) is 5.73 Å². The molecule has 0 saturated heterocycles. The van der Waals surface area contributed by atoms with Crippen LogP contribution in [0.5, 0.6) is 0 Å². The van der Waals surface area contributed by atoms with Crippen molar-refractivity contribution in [1.29, 1.82) is 0 Å². The van der Waals surface area contributed by atoms with Crippen LogP contribution in [0.4, 0.5) is 0 Å². The third-order valence-corrected chi connectivity index (χ3v) is 2.28. The van der Waals surface area contributed by atoms with Gasteiger partial charge in [-0.05, 0) is 19.1 Å². The quantitative estimate of drug-likeness (QED) is 0.452. The Morgan fingerprint density at radius 2 is 2.38 bits per heavy atom. The number of carbonyl (C=O) groups is 1. The summed E-state index contributed by atoms with van der Waals surface area (Å²) >= 11 is 5.78. The van der Waals surface area contributed by atoms with Crippen molar-refractivity contribution in [3.8, 4) is 0 Å². The Balaban J connectivity index is 2.59. The molecule has 0 aliphatic carbocycles. The van der Waals surface area contributed by atoms with Gasteiger partial charge < -0.3 is 5.73 Å². The van der Waals surface area contributed by atoms with E-state index in [0.29, 0.717) is 10.6 Å². The number of hydrogen-bond donors (Lipinski definition) is 3. The van der Waals surface area contributed by atoms with Crippen molar-refractivity contribution in [2.75, 3.05) is 0 Å². The van der Waals surface area contributed by atoms with Crippen molar-refractivity contribution < 1.29 is 4.79 Å². The largest absolute Gasteiger partial charge is 0.375 e. The molecule has 1 amide bonds. The van der Waals surface area contributed by atoms with Gasteiger partial charge in [0.1, 0.15) is 4.88 Å². The van der Waals surface area contributed by atoms with Gasteiger partial charge in [-0.2, -0.15) is 0 Å². The number of nitrogens with one attached hydrogen (secondary N) is 2. The highest BCUT2D eigenvalue weighted by Gasteiger charge is 2.10.